The molecule has 0 bridgehead atoms. The number of hydrogen-bond donors (Lipinski definition) is 1. The number of nitrogens with zero attached hydrogens (tertiary/aromatic N) is 1. The van der Waals surface area contributed by atoms with Crippen LogP contribution in [0.5, 0.6) is 0 Å². The summed E-state index contributed by atoms with van der Waals surface area (Å²) in [6.07, 6.45) is 9.29. The van der Waals surface area contributed by atoms with Gasteiger partial charge in [0.2, 0.25) is 0 Å². The SMILES string of the molecule is CCCCOCCN1CC(CC(C)C)NCC12CCCC2. The number of hydrogen-bond acceptors (Lipinski definition) is 3. The van der Waals surface area contributed by atoms with Crippen LogP contribution >= 0.6 is 0 Å². The molecule has 0 aromatic heterocycles. The Morgan fingerprint density at radius 2 is 2.00 bits per heavy atom. The summed E-state index contributed by atoms with van der Waals surface area (Å²) in [4.78, 5) is 2.77. The average molecular weight is 296 g/mol. The van der Waals surface area contributed by atoms with Crippen molar-refractivity contribution in [2.45, 2.75) is 77.3 Å². The zero-order valence-electron chi connectivity index (χ0n) is 14.5. The lowest BCUT2D eigenvalue weighted by Gasteiger charge is -2.48. The number of rotatable bonds is 8. The smallest absolute Gasteiger partial charge is 0.0593 e. The second-order valence-electron chi connectivity index (χ2n) is 7.55. The summed E-state index contributed by atoms with van der Waals surface area (Å²) in [5.74, 6) is 0.780. The largest absolute Gasteiger partial charge is 0.380 e. The van der Waals surface area contributed by atoms with E-state index in [-0.39, 0.29) is 0 Å². The minimum absolute atomic E-state index is 0.446. The highest BCUT2D eigenvalue weighted by Crippen LogP contribution is 2.37. The van der Waals surface area contributed by atoms with E-state index in [1.165, 1.54) is 58.0 Å². The molecule has 0 radical (unpaired) electrons. The predicted molar refractivity (Wildman–Crippen MR) is 89.7 cm³/mol. The Morgan fingerprint density at radius 1 is 1.24 bits per heavy atom. The summed E-state index contributed by atoms with van der Waals surface area (Å²) in [6, 6.07) is 0.673. The second-order valence-corrected chi connectivity index (χ2v) is 7.55. The Labute approximate surface area is 131 Å². The van der Waals surface area contributed by atoms with Crippen LogP contribution in [-0.4, -0.2) is 49.3 Å². The van der Waals surface area contributed by atoms with Crippen LogP contribution in [0.1, 0.15) is 65.7 Å². The zero-order chi connectivity index (χ0) is 15.1. The van der Waals surface area contributed by atoms with E-state index in [0.717, 1.165) is 25.7 Å². The van der Waals surface area contributed by atoms with Crippen molar-refractivity contribution < 1.29 is 4.74 Å². The van der Waals surface area contributed by atoms with Crippen LogP contribution in [0.2, 0.25) is 0 Å². The molecule has 124 valence electrons. The summed E-state index contributed by atoms with van der Waals surface area (Å²) < 4.78 is 5.83. The molecule has 2 rings (SSSR count). The fourth-order valence-corrected chi connectivity index (χ4v) is 4.08. The summed E-state index contributed by atoms with van der Waals surface area (Å²) in [5.41, 5.74) is 0.446. The van der Waals surface area contributed by atoms with Gasteiger partial charge in [0.15, 0.2) is 0 Å². The number of nitrogens with one attached hydrogen (secondary N) is 1. The maximum atomic E-state index is 5.83. The molecule has 0 aromatic carbocycles. The van der Waals surface area contributed by atoms with Gasteiger partial charge in [-0.2, -0.15) is 0 Å². The Kier molecular flexibility index (Phi) is 6.97. The first-order chi connectivity index (χ1) is 10.2. The van der Waals surface area contributed by atoms with Crippen LogP contribution in [0.25, 0.3) is 0 Å². The van der Waals surface area contributed by atoms with E-state index in [2.05, 4.69) is 31.0 Å². The first-order valence-electron chi connectivity index (χ1n) is 9.22. The number of ether oxygens (including phenoxy) is 1. The minimum atomic E-state index is 0.446. The molecule has 1 N–H and O–H groups in total. The highest BCUT2D eigenvalue weighted by Gasteiger charge is 2.43. The molecule has 0 aromatic rings. The van der Waals surface area contributed by atoms with Gasteiger partial charge in [-0.3, -0.25) is 4.90 Å². The van der Waals surface area contributed by atoms with Crippen molar-refractivity contribution in [3.05, 3.63) is 0 Å². The highest BCUT2D eigenvalue weighted by molar-refractivity contribution is 5.01. The van der Waals surface area contributed by atoms with Gasteiger partial charge in [-0.1, -0.05) is 40.0 Å². The first kappa shape index (κ1) is 17.2. The monoisotopic (exact) mass is 296 g/mol. The van der Waals surface area contributed by atoms with Gasteiger partial charge in [-0.05, 0) is 31.6 Å². The van der Waals surface area contributed by atoms with Gasteiger partial charge in [0, 0.05) is 37.8 Å². The first-order valence-corrected chi connectivity index (χ1v) is 9.22. The van der Waals surface area contributed by atoms with Gasteiger partial charge >= 0.3 is 0 Å². The van der Waals surface area contributed by atoms with Gasteiger partial charge in [-0.15, -0.1) is 0 Å². The van der Waals surface area contributed by atoms with Crippen LogP contribution in [0.4, 0.5) is 0 Å². The van der Waals surface area contributed by atoms with Crippen molar-refractivity contribution in [1.82, 2.24) is 10.2 Å². The van der Waals surface area contributed by atoms with Gasteiger partial charge in [0.25, 0.3) is 0 Å². The average Bonchev–Trinajstić information content (AvgIpc) is 2.91. The van der Waals surface area contributed by atoms with E-state index in [9.17, 15) is 0 Å². The van der Waals surface area contributed by atoms with Gasteiger partial charge in [-0.25, -0.2) is 0 Å². The molecule has 0 amide bonds. The van der Waals surface area contributed by atoms with Crippen LogP contribution in [0.3, 0.4) is 0 Å². The molecule has 1 saturated carbocycles. The lowest BCUT2D eigenvalue weighted by Crippen LogP contribution is -2.64. The molecule has 2 aliphatic rings. The second kappa shape index (κ2) is 8.50. The van der Waals surface area contributed by atoms with E-state index in [0.29, 0.717) is 11.6 Å². The third kappa shape index (κ3) is 4.94. The molecular weight excluding hydrogens is 260 g/mol. The van der Waals surface area contributed by atoms with Crippen LogP contribution in [0, 0.1) is 5.92 Å². The lowest BCUT2D eigenvalue weighted by atomic mass is 9.89. The topological polar surface area (TPSA) is 24.5 Å². The number of piperazine rings is 1. The third-order valence-corrected chi connectivity index (χ3v) is 5.27. The van der Waals surface area contributed by atoms with Crippen LogP contribution < -0.4 is 5.32 Å². The van der Waals surface area contributed by atoms with E-state index in [1.54, 1.807) is 0 Å². The maximum Gasteiger partial charge on any atom is 0.0593 e. The highest BCUT2D eigenvalue weighted by atomic mass is 16.5. The quantitative estimate of drug-likeness (QED) is 0.695. The van der Waals surface area contributed by atoms with Crippen molar-refractivity contribution in [1.29, 1.82) is 0 Å². The molecule has 1 aliphatic carbocycles. The van der Waals surface area contributed by atoms with Gasteiger partial charge < -0.3 is 10.1 Å². The summed E-state index contributed by atoms with van der Waals surface area (Å²) in [5, 5.41) is 3.84. The van der Waals surface area contributed by atoms with Gasteiger partial charge in [0.1, 0.15) is 0 Å². The fourth-order valence-electron chi connectivity index (χ4n) is 4.08. The zero-order valence-corrected chi connectivity index (χ0v) is 14.5. The Morgan fingerprint density at radius 3 is 2.67 bits per heavy atom. The summed E-state index contributed by atoms with van der Waals surface area (Å²) >= 11 is 0. The van der Waals surface area contributed by atoms with Crippen molar-refractivity contribution in [2.24, 2.45) is 5.92 Å². The predicted octanol–water partition coefficient (Wildman–Crippen LogP) is 3.44. The molecule has 3 heteroatoms. The number of unbranched alkanes of at least 4 members (excludes halogenated alkanes) is 1. The van der Waals surface area contributed by atoms with Crippen molar-refractivity contribution in [3.63, 3.8) is 0 Å². The van der Waals surface area contributed by atoms with E-state index < -0.39 is 0 Å². The Hall–Kier alpha value is -0.120. The molecular formula is C18H36N2O. The van der Waals surface area contributed by atoms with E-state index in [1.807, 2.05) is 0 Å². The molecule has 1 spiro atoms. The van der Waals surface area contributed by atoms with Crippen molar-refractivity contribution in [3.8, 4) is 0 Å². The summed E-state index contributed by atoms with van der Waals surface area (Å²) in [7, 11) is 0. The lowest BCUT2D eigenvalue weighted by molar-refractivity contribution is 0.00956. The van der Waals surface area contributed by atoms with Crippen LogP contribution in [-0.2, 0) is 4.74 Å². The van der Waals surface area contributed by atoms with Crippen LogP contribution in [0.15, 0.2) is 0 Å². The molecule has 1 aliphatic heterocycles. The molecule has 1 unspecified atom stereocenters. The third-order valence-electron chi connectivity index (χ3n) is 5.27. The normalized spacial score (nSPS) is 26.0. The van der Waals surface area contributed by atoms with E-state index in [4.69, 9.17) is 4.74 Å². The Balaban J connectivity index is 1.84. The minimum Gasteiger partial charge on any atom is -0.380 e. The van der Waals surface area contributed by atoms with Crippen molar-refractivity contribution >= 4 is 0 Å². The standard InChI is InChI=1S/C18H36N2O/c1-4-5-11-21-12-10-20-14-17(13-16(2)3)19-15-18(20)8-6-7-9-18/h16-17,19H,4-15H2,1-3H3. The van der Waals surface area contributed by atoms with Crippen molar-refractivity contribution in [2.75, 3.05) is 32.8 Å². The molecule has 3 nitrogen and oxygen atoms in total. The molecule has 2 fully saturated rings. The molecule has 1 saturated heterocycles. The van der Waals surface area contributed by atoms with E-state index >= 15 is 0 Å². The fraction of sp³-hybridized carbons (Fsp3) is 1.00. The summed E-state index contributed by atoms with van der Waals surface area (Å²) in [6.45, 7) is 12.3. The molecule has 1 heterocycles. The van der Waals surface area contributed by atoms with Gasteiger partial charge in [0.05, 0.1) is 6.61 Å². The maximum absolute atomic E-state index is 5.83. The molecule has 1 atom stereocenters. The Bertz CT molecular complexity index is 287. The molecule has 21 heavy (non-hydrogen) atoms.